The summed E-state index contributed by atoms with van der Waals surface area (Å²) in [6, 6.07) is 4.54. The standard InChI is InChI=1S/C16H26N2O/c1-11(13-6-7-13)18(5)15-9-12(10-19)8-14(17-15)16(2,3)4/h8-9,11,13,19H,6-7,10H2,1-5H3. The quantitative estimate of drug-likeness (QED) is 0.905. The zero-order valence-corrected chi connectivity index (χ0v) is 12.8. The first-order chi connectivity index (χ1) is 8.82. The molecule has 1 fully saturated rings. The highest BCUT2D eigenvalue weighted by Gasteiger charge is 2.31. The van der Waals surface area contributed by atoms with Crippen LogP contribution in [0.4, 0.5) is 5.82 Å². The molecule has 1 aliphatic carbocycles. The molecule has 1 N–H and O–H groups in total. The van der Waals surface area contributed by atoms with E-state index in [9.17, 15) is 5.11 Å². The van der Waals surface area contributed by atoms with Crippen LogP contribution in [0.2, 0.25) is 0 Å². The fraction of sp³-hybridized carbons (Fsp3) is 0.688. The van der Waals surface area contributed by atoms with Gasteiger partial charge in [0.15, 0.2) is 0 Å². The Morgan fingerprint density at radius 3 is 2.47 bits per heavy atom. The van der Waals surface area contributed by atoms with Gasteiger partial charge in [0.05, 0.1) is 6.61 Å². The summed E-state index contributed by atoms with van der Waals surface area (Å²) in [5, 5.41) is 9.45. The van der Waals surface area contributed by atoms with E-state index >= 15 is 0 Å². The molecule has 2 rings (SSSR count). The van der Waals surface area contributed by atoms with E-state index in [0.29, 0.717) is 6.04 Å². The maximum Gasteiger partial charge on any atom is 0.129 e. The van der Waals surface area contributed by atoms with E-state index in [1.807, 2.05) is 12.1 Å². The van der Waals surface area contributed by atoms with Crippen molar-refractivity contribution >= 4 is 5.82 Å². The van der Waals surface area contributed by atoms with Gasteiger partial charge in [0, 0.05) is 24.2 Å². The van der Waals surface area contributed by atoms with Crippen LogP contribution in [0.5, 0.6) is 0 Å². The number of hydrogen-bond donors (Lipinski definition) is 1. The molecule has 1 aromatic heterocycles. The van der Waals surface area contributed by atoms with Crippen LogP contribution in [-0.2, 0) is 12.0 Å². The van der Waals surface area contributed by atoms with Gasteiger partial charge >= 0.3 is 0 Å². The highest BCUT2D eigenvalue weighted by molar-refractivity contribution is 5.44. The summed E-state index contributed by atoms with van der Waals surface area (Å²) in [6.45, 7) is 8.81. The van der Waals surface area contributed by atoms with Crippen molar-refractivity contribution in [3.63, 3.8) is 0 Å². The van der Waals surface area contributed by atoms with Crippen LogP contribution in [0, 0.1) is 5.92 Å². The van der Waals surface area contributed by atoms with Gasteiger partial charge in [0.2, 0.25) is 0 Å². The Hall–Kier alpha value is -1.09. The molecule has 1 unspecified atom stereocenters. The Balaban J connectivity index is 2.33. The Morgan fingerprint density at radius 1 is 1.37 bits per heavy atom. The van der Waals surface area contributed by atoms with E-state index in [1.54, 1.807) is 0 Å². The topological polar surface area (TPSA) is 36.4 Å². The van der Waals surface area contributed by atoms with Crippen molar-refractivity contribution in [2.45, 2.75) is 58.6 Å². The Morgan fingerprint density at radius 2 is 2.00 bits per heavy atom. The lowest BCUT2D eigenvalue weighted by molar-refractivity contribution is 0.281. The molecule has 19 heavy (non-hydrogen) atoms. The van der Waals surface area contributed by atoms with Gasteiger partial charge in [0.1, 0.15) is 5.82 Å². The summed E-state index contributed by atoms with van der Waals surface area (Å²) in [5.41, 5.74) is 2.00. The predicted molar refractivity (Wildman–Crippen MR) is 79.4 cm³/mol. The fourth-order valence-electron chi connectivity index (χ4n) is 2.33. The van der Waals surface area contributed by atoms with Crippen molar-refractivity contribution in [2.24, 2.45) is 5.92 Å². The first-order valence-electron chi connectivity index (χ1n) is 7.18. The highest BCUT2D eigenvalue weighted by atomic mass is 16.3. The number of pyridine rings is 1. The second-order valence-electron chi connectivity index (χ2n) is 6.82. The van der Waals surface area contributed by atoms with E-state index < -0.39 is 0 Å². The Bertz CT molecular complexity index is 447. The van der Waals surface area contributed by atoms with Crippen molar-refractivity contribution in [3.8, 4) is 0 Å². The molecule has 0 bridgehead atoms. The molecule has 1 atom stereocenters. The molecular formula is C16H26N2O. The summed E-state index contributed by atoms with van der Waals surface area (Å²) in [7, 11) is 2.11. The van der Waals surface area contributed by atoms with Crippen LogP contribution >= 0.6 is 0 Å². The van der Waals surface area contributed by atoms with Crippen molar-refractivity contribution in [2.75, 3.05) is 11.9 Å². The molecule has 1 aromatic rings. The number of aliphatic hydroxyl groups excluding tert-OH is 1. The van der Waals surface area contributed by atoms with Crippen LogP contribution in [-0.4, -0.2) is 23.2 Å². The lowest BCUT2D eigenvalue weighted by Crippen LogP contribution is -2.32. The molecule has 1 heterocycles. The van der Waals surface area contributed by atoms with Gasteiger partial charge in [-0.25, -0.2) is 4.98 Å². The fourth-order valence-corrected chi connectivity index (χ4v) is 2.33. The van der Waals surface area contributed by atoms with Gasteiger partial charge < -0.3 is 10.0 Å². The normalized spacial score (nSPS) is 17.4. The van der Waals surface area contributed by atoms with Gasteiger partial charge in [-0.2, -0.15) is 0 Å². The van der Waals surface area contributed by atoms with E-state index in [1.165, 1.54) is 12.8 Å². The summed E-state index contributed by atoms with van der Waals surface area (Å²) < 4.78 is 0. The van der Waals surface area contributed by atoms with Crippen molar-refractivity contribution < 1.29 is 5.11 Å². The highest BCUT2D eigenvalue weighted by Crippen LogP contribution is 2.36. The lowest BCUT2D eigenvalue weighted by Gasteiger charge is -2.28. The van der Waals surface area contributed by atoms with Crippen molar-refractivity contribution in [1.82, 2.24) is 4.98 Å². The molecule has 0 amide bonds. The first-order valence-corrected chi connectivity index (χ1v) is 7.18. The van der Waals surface area contributed by atoms with Gasteiger partial charge in [0.25, 0.3) is 0 Å². The molecule has 0 saturated heterocycles. The van der Waals surface area contributed by atoms with Gasteiger partial charge in [-0.05, 0) is 43.4 Å². The SMILES string of the molecule is CC(C1CC1)N(C)c1cc(CO)cc(C(C)(C)C)n1. The largest absolute Gasteiger partial charge is 0.392 e. The monoisotopic (exact) mass is 262 g/mol. The van der Waals surface area contributed by atoms with Crippen LogP contribution < -0.4 is 4.90 Å². The zero-order chi connectivity index (χ0) is 14.2. The number of anilines is 1. The Kier molecular flexibility index (Phi) is 3.86. The zero-order valence-electron chi connectivity index (χ0n) is 12.8. The third-order valence-electron chi connectivity index (χ3n) is 4.10. The van der Waals surface area contributed by atoms with Crippen LogP contribution in [0.15, 0.2) is 12.1 Å². The third-order valence-corrected chi connectivity index (χ3v) is 4.10. The Labute approximate surface area is 116 Å². The predicted octanol–water partition coefficient (Wildman–Crippen LogP) is 3.11. The maximum absolute atomic E-state index is 9.45. The molecule has 1 aliphatic rings. The first kappa shape index (κ1) is 14.3. The second kappa shape index (κ2) is 5.12. The molecule has 3 nitrogen and oxygen atoms in total. The molecule has 3 heteroatoms. The van der Waals surface area contributed by atoms with Gasteiger partial charge in [-0.3, -0.25) is 0 Å². The third kappa shape index (κ3) is 3.27. The average molecular weight is 262 g/mol. The summed E-state index contributed by atoms with van der Waals surface area (Å²) in [5.74, 6) is 1.79. The van der Waals surface area contributed by atoms with Crippen molar-refractivity contribution in [1.29, 1.82) is 0 Å². The van der Waals surface area contributed by atoms with E-state index in [4.69, 9.17) is 4.98 Å². The number of nitrogens with zero attached hydrogens (tertiary/aromatic N) is 2. The van der Waals surface area contributed by atoms with Gasteiger partial charge in [-0.1, -0.05) is 20.8 Å². The molecule has 0 aliphatic heterocycles. The molecule has 0 radical (unpaired) electrons. The maximum atomic E-state index is 9.45. The van der Waals surface area contributed by atoms with E-state index in [2.05, 4.69) is 39.6 Å². The summed E-state index contributed by atoms with van der Waals surface area (Å²) >= 11 is 0. The molecule has 0 spiro atoms. The lowest BCUT2D eigenvalue weighted by atomic mass is 9.90. The van der Waals surface area contributed by atoms with Crippen molar-refractivity contribution in [3.05, 3.63) is 23.4 Å². The summed E-state index contributed by atoms with van der Waals surface area (Å²) in [4.78, 5) is 7.05. The molecule has 106 valence electrons. The number of aliphatic hydroxyl groups is 1. The molecule has 0 aromatic carbocycles. The second-order valence-corrected chi connectivity index (χ2v) is 6.82. The molecule has 1 saturated carbocycles. The van der Waals surface area contributed by atoms with E-state index in [0.717, 1.165) is 23.0 Å². The molecular weight excluding hydrogens is 236 g/mol. The average Bonchev–Trinajstić information content (AvgIpc) is 3.19. The summed E-state index contributed by atoms with van der Waals surface area (Å²) in [6.07, 6.45) is 2.66. The van der Waals surface area contributed by atoms with E-state index in [-0.39, 0.29) is 12.0 Å². The van der Waals surface area contributed by atoms with Crippen LogP contribution in [0.25, 0.3) is 0 Å². The number of hydrogen-bond acceptors (Lipinski definition) is 3. The number of rotatable bonds is 4. The van der Waals surface area contributed by atoms with Gasteiger partial charge in [-0.15, -0.1) is 0 Å². The van der Waals surface area contributed by atoms with Crippen LogP contribution in [0.1, 0.15) is 51.8 Å². The number of aromatic nitrogens is 1. The minimum Gasteiger partial charge on any atom is -0.392 e. The minimum absolute atomic E-state index is 0.00356. The van der Waals surface area contributed by atoms with Crippen LogP contribution in [0.3, 0.4) is 0 Å². The smallest absolute Gasteiger partial charge is 0.129 e. The minimum atomic E-state index is 0.00356.